The van der Waals surface area contributed by atoms with E-state index in [0.717, 1.165) is 16.7 Å². The van der Waals surface area contributed by atoms with E-state index < -0.39 is 35.3 Å². The number of hydrogen-bond donors (Lipinski definition) is 4. The molecule has 0 aliphatic heterocycles. The van der Waals surface area contributed by atoms with E-state index in [0.29, 0.717) is 0 Å². The number of aromatic hydroxyl groups is 3. The Morgan fingerprint density at radius 1 is 1.17 bits per heavy atom. The number of aromatic nitrogens is 3. The topological polar surface area (TPSA) is 146 Å². The van der Waals surface area contributed by atoms with E-state index in [1.165, 1.54) is 6.20 Å². The number of pyridine rings is 1. The molecule has 0 bridgehead atoms. The van der Waals surface area contributed by atoms with Gasteiger partial charge in [0, 0.05) is 11.8 Å². The maximum absolute atomic E-state index is 12.6. The summed E-state index contributed by atoms with van der Waals surface area (Å²) < 4.78 is 0.932. The van der Waals surface area contributed by atoms with Gasteiger partial charge in [-0.15, -0.1) is 0 Å². The summed E-state index contributed by atoms with van der Waals surface area (Å²) in [6.45, 7) is -0.627. The van der Waals surface area contributed by atoms with E-state index in [1.54, 1.807) is 12.1 Å². The zero-order valence-electron chi connectivity index (χ0n) is 12.0. The van der Waals surface area contributed by atoms with Gasteiger partial charge < -0.3 is 20.4 Å². The summed E-state index contributed by atoms with van der Waals surface area (Å²) in [6.07, 6.45) is 1.40. The minimum absolute atomic E-state index is 0.0256. The second kappa shape index (κ2) is 5.54. The quantitative estimate of drug-likeness (QED) is 0.513. The van der Waals surface area contributed by atoms with Gasteiger partial charge in [-0.1, -0.05) is 0 Å². The van der Waals surface area contributed by atoms with Crippen LogP contribution >= 0.6 is 0 Å². The minimum Gasteiger partial charge on any atom is -0.504 e. The first kappa shape index (κ1) is 15.3. The third-order valence-electron chi connectivity index (χ3n) is 3.34. The molecule has 2 aromatic heterocycles. The second-order valence-electron chi connectivity index (χ2n) is 4.95. The highest BCUT2D eigenvalue weighted by Crippen LogP contribution is 2.37. The van der Waals surface area contributed by atoms with Crippen LogP contribution in [-0.2, 0) is 11.3 Å². The number of carboxylic acid groups (broad SMARTS) is 1. The Hall–Kier alpha value is -3.62. The zero-order valence-corrected chi connectivity index (χ0v) is 12.0. The van der Waals surface area contributed by atoms with Crippen molar-refractivity contribution in [1.82, 2.24) is 14.5 Å². The summed E-state index contributed by atoms with van der Waals surface area (Å²) in [7, 11) is 0. The van der Waals surface area contributed by atoms with Crippen molar-refractivity contribution in [3.63, 3.8) is 0 Å². The zero-order chi connectivity index (χ0) is 17.4. The van der Waals surface area contributed by atoms with Gasteiger partial charge in [-0.3, -0.25) is 14.2 Å². The fourth-order valence-corrected chi connectivity index (χ4v) is 2.29. The predicted octanol–water partition coefficient (Wildman–Crippen LogP) is 0.660. The van der Waals surface area contributed by atoms with Crippen molar-refractivity contribution < 1.29 is 25.2 Å². The molecule has 0 aliphatic rings. The normalized spacial score (nSPS) is 10.8. The molecule has 122 valence electrons. The molecular weight excluding hydrogens is 318 g/mol. The lowest BCUT2D eigenvalue weighted by Crippen LogP contribution is -2.27. The van der Waals surface area contributed by atoms with Crippen LogP contribution < -0.4 is 5.56 Å². The number of benzene rings is 1. The van der Waals surface area contributed by atoms with Gasteiger partial charge in [0.1, 0.15) is 17.8 Å². The van der Waals surface area contributed by atoms with Crippen LogP contribution in [0.1, 0.15) is 0 Å². The number of phenolic OH excluding ortho intramolecular Hbond substituents is 3. The summed E-state index contributed by atoms with van der Waals surface area (Å²) in [5, 5.41) is 37.6. The van der Waals surface area contributed by atoms with E-state index in [9.17, 15) is 24.9 Å². The van der Waals surface area contributed by atoms with Crippen LogP contribution in [0.5, 0.6) is 17.2 Å². The molecule has 0 radical (unpaired) electrons. The lowest BCUT2D eigenvalue weighted by molar-refractivity contribution is -0.137. The molecule has 1 aromatic carbocycles. The maximum atomic E-state index is 12.6. The van der Waals surface area contributed by atoms with Crippen LogP contribution in [0.2, 0.25) is 0 Å². The molecule has 0 aliphatic carbocycles. The number of hydrogen-bond acceptors (Lipinski definition) is 7. The highest BCUT2D eigenvalue weighted by atomic mass is 16.4. The van der Waals surface area contributed by atoms with Gasteiger partial charge in [0.2, 0.25) is 0 Å². The van der Waals surface area contributed by atoms with Crippen molar-refractivity contribution in [3.8, 4) is 28.5 Å². The first-order valence-corrected chi connectivity index (χ1v) is 6.71. The monoisotopic (exact) mass is 329 g/mol. The van der Waals surface area contributed by atoms with Crippen molar-refractivity contribution in [2.75, 3.05) is 0 Å². The number of fused-ring (bicyclic) bond motifs is 1. The highest BCUT2D eigenvalue weighted by molar-refractivity contribution is 5.77. The van der Waals surface area contributed by atoms with Crippen molar-refractivity contribution in [1.29, 1.82) is 0 Å². The van der Waals surface area contributed by atoms with Crippen molar-refractivity contribution in [3.05, 3.63) is 40.8 Å². The van der Waals surface area contributed by atoms with Crippen LogP contribution in [0.3, 0.4) is 0 Å². The Morgan fingerprint density at radius 3 is 2.46 bits per heavy atom. The average Bonchev–Trinajstić information content (AvgIpc) is 2.54. The average molecular weight is 329 g/mol. The van der Waals surface area contributed by atoms with Gasteiger partial charge >= 0.3 is 5.97 Å². The number of carbonyl (C=O) groups is 1. The van der Waals surface area contributed by atoms with Crippen LogP contribution in [0.15, 0.2) is 35.3 Å². The summed E-state index contributed by atoms with van der Waals surface area (Å²) >= 11 is 0. The summed E-state index contributed by atoms with van der Waals surface area (Å²) in [4.78, 5) is 31.8. The smallest absolute Gasteiger partial charge is 0.323 e. The van der Waals surface area contributed by atoms with Crippen molar-refractivity contribution in [2.24, 2.45) is 0 Å². The third-order valence-corrected chi connectivity index (χ3v) is 3.34. The molecule has 3 aromatic rings. The Labute approximate surface area is 133 Å². The Morgan fingerprint density at radius 2 is 1.83 bits per heavy atom. The molecular formula is C15H11N3O6. The summed E-state index contributed by atoms with van der Waals surface area (Å²) in [5.74, 6) is -3.24. The van der Waals surface area contributed by atoms with Gasteiger partial charge in [-0.25, -0.2) is 9.97 Å². The Kier molecular flexibility index (Phi) is 3.53. The van der Waals surface area contributed by atoms with E-state index >= 15 is 0 Å². The highest BCUT2D eigenvalue weighted by Gasteiger charge is 2.18. The van der Waals surface area contributed by atoms with Crippen LogP contribution in [-0.4, -0.2) is 40.9 Å². The van der Waals surface area contributed by atoms with Crippen molar-refractivity contribution >= 4 is 17.1 Å². The van der Waals surface area contributed by atoms with Gasteiger partial charge in [0.05, 0.1) is 0 Å². The molecule has 0 atom stereocenters. The molecule has 9 nitrogen and oxygen atoms in total. The number of phenols is 3. The van der Waals surface area contributed by atoms with Gasteiger partial charge in [0.15, 0.2) is 22.9 Å². The molecule has 4 N–H and O–H groups in total. The van der Waals surface area contributed by atoms with Gasteiger partial charge in [-0.05, 0) is 24.3 Å². The number of rotatable bonds is 3. The molecule has 0 unspecified atom stereocenters. The molecule has 0 spiro atoms. The van der Waals surface area contributed by atoms with Gasteiger partial charge in [-0.2, -0.15) is 0 Å². The minimum atomic E-state index is -1.24. The molecule has 0 amide bonds. The number of carboxylic acids is 1. The first-order chi connectivity index (χ1) is 11.4. The lowest BCUT2D eigenvalue weighted by Gasteiger charge is -2.10. The van der Waals surface area contributed by atoms with E-state index in [1.807, 2.05) is 0 Å². The fraction of sp³-hybridized carbons (Fsp3) is 0.0667. The largest absolute Gasteiger partial charge is 0.504 e. The fourth-order valence-electron chi connectivity index (χ4n) is 2.29. The molecule has 0 saturated carbocycles. The molecule has 3 rings (SSSR count). The van der Waals surface area contributed by atoms with Crippen LogP contribution in [0.25, 0.3) is 22.4 Å². The third kappa shape index (κ3) is 2.47. The standard InChI is InChI=1S/C15H11N3O6/c19-9-4-7(5-10(20)13(9)23)12-15(24)18(6-11(21)22)14-8(17-12)2-1-3-16-14/h1-5,19-20,23H,6H2,(H,21,22). The number of nitrogens with zero attached hydrogens (tertiary/aromatic N) is 3. The summed E-state index contributed by atoms with van der Waals surface area (Å²) in [5.41, 5.74) is -0.561. The molecule has 9 heteroatoms. The van der Waals surface area contributed by atoms with E-state index in [2.05, 4.69) is 9.97 Å². The predicted molar refractivity (Wildman–Crippen MR) is 81.9 cm³/mol. The van der Waals surface area contributed by atoms with Gasteiger partial charge in [0.25, 0.3) is 5.56 Å². The molecule has 24 heavy (non-hydrogen) atoms. The second-order valence-corrected chi connectivity index (χ2v) is 4.95. The Balaban J connectivity index is 2.35. The van der Waals surface area contributed by atoms with Crippen LogP contribution in [0, 0.1) is 0 Å². The van der Waals surface area contributed by atoms with E-state index in [-0.39, 0.29) is 22.4 Å². The first-order valence-electron chi connectivity index (χ1n) is 6.71. The van der Waals surface area contributed by atoms with Crippen LogP contribution in [0.4, 0.5) is 0 Å². The molecule has 0 saturated heterocycles. The van der Waals surface area contributed by atoms with Crippen molar-refractivity contribution in [2.45, 2.75) is 6.54 Å². The Bertz CT molecular complexity index is 1000. The molecule has 0 fully saturated rings. The molecule has 2 heterocycles. The SMILES string of the molecule is O=C(O)Cn1c(=O)c(-c2cc(O)c(O)c(O)c2)nc2cccnc21. The lowest BCUT2D eigenvalue weighted by atomic mass is 10.1. The number of aliphatic carboxylic acids is 1. The van der Waals surface area contributed by atoms with E-state index in [4.69, 9.17) is 5.11 Å². The maximum Gasteiger partial charge on any atom is 0.323 e. The summed E-state index contributed by atoms with van der Waals surface area (Å²) in [6, 6.07) is 5.21.